The smallest absolute Gasteiger partial charge is 0.141 e. The van der Waals surface area contributed by atoms with Crippen molar-refractivity contribution in [2.75, 3.05) is 0 Å². The molecule has 38 heavy (non-hydrogen) atoms. The maximum atomic E-state index is 12.8. The van der Waals surface area contributed by atoms with E-state index in [9.17, 15) is 20.1 Å². The lowest BCUT2D eigenvalue weighted by Crippen LogP contribution is -2.36. The van der Waals surface area contributed by atoms with Crippen LogP contribution in [0.4, 0.5) is 0 Å². The summed E-state index contributed by atoms with van der Waals surface area (Å²) in [4.78, 5) is 12.8. The van der Waals surface area contributed by atoms with Gasteiger partial charge in [0.15, 0.2) is 0 Å². The quantitative estimate of drug-likeness (QED) is 0.216. The molecule has 4 heteroatoms. The van der Waals surface area contributed by atoms with Crippen LogP contribution in [0.15, 0.2) is 47.6 Å². The molecule has 0 aromatic carbocycles. The van der Waals surface area contributed by atoms with E-state index in [-0.39, 0.29) is 17.1 Å². The third-order valence-corrected chi connectivity index (χ3v) is 11.0. The summed E-state index contributed by atoms with van der Waals surface area (Å²) in [6, 6.07) is 0. The second kappa shape index (κ2) is 11.9. The highest BCUT2D eigenvalue weighted by Gasteiger charge is 2.54. The minimum Gasteiger partial charge on any atom is -0.392 e. The first kappa shape index (κ1) is 29.5. The minimum atomic E-state index is -0.680. The number of hydrogen-bond donors (Lipinski definition) is 3. The number of rotatable bonds is 10. The zero-order valence-electron chi connectivity index (χ0n) is 24.3. The second-order valence-electron chi connectivity index (χ2n) is 13.4. The second-order valence-corrected chi connectivity index (χ2v) is 13.4. The maximum Gasteiger partial charge on any atom is 0.141 e. The Balaban J connectivity index is 1.42. The molecule has 0 radical (unpaired) electrons. The molecule has 0 bridgehead atoms. The zero-order chi connectivity index (χ0) is 27.7. The van der Waals surface area contributed by atoms with Crippen molar-refractivity contribution < 1.29 is 20.1 Å². The van der Waals surface area contributed by atoms with Gasteiger partial charge in [-0.25, -0.2) is 0 Å². The molecule has 0 spiro atoms. The van der Waals surface area contributed by atoms with E-state index in [0.717, 1.165) is 49.7 Å². The van der Waals surface area contributed by atoms with Crippen molar-refractivity contribution in [2.45, 2.75) is 123 Å². The van der Waals surface area contributed by atoms with Gasteiger partial charge in [-0.15, -0.1) is 0 Å². The molecule has 4 aliphatic carbocycles. The zero-order valence-corrected chi connectivity index (χ0v) is 24.3. The van der Waals surface area contributed by atoms with Crippen LogP contribution >= 0.6 is 0 Å². The van der Waals surface area contributed by atoms with E-state index in [1.54, 1.807) is 0 Å². The Labute approximate surface area is 231 Å². The fourth-order valence-electron chi connectivity index (χ4n) is 8.04. The van der Waals surface area contributed by atoms with Gasteiger partial charge in [-0.05, 0) is 92.1 Å². The lowest BCUT2D eigenvalue weighted by Gasteiger charge is -2.44. The van der Waals surface area contributed by atoms with Crippen molar-refractivity contribution in [1.29, 1.82) is 0 Å². The fraction of sp³-hybridized carbons (Fsp3) is 0.735. The monoisotopic (exact) mass is 524 g/mol. The highest BCUT2D eigenvalue weighted by Crippen LogP contribution is 2.60. The number of ketones is 1. The van der Waals surface area contributed by atoms with Crippen LogP contribution in [-0.4, -0.2) is 39.4 Å². The van der Waals surface area contributed by atoms with Crippen LogP contribution in [0.2, 0.25) is 0 Å². The summed E-state index contributed by atoms with van der Waals surface area (Å²) in [7, 11) is 0. The Morgan fingerprint density at radius 1 is 1.13 bits per heavy atom. The Morgan fingerprint density at radius 3 is 2.55 bits per heavy atom. The number of carbonyl (C=O) groups excluding carboxylic acids is 1. The van der Waals surface area contributed by atoms with Gasteiger partial charge in [-0.2, -0.15) is 0 Å². The van der Waals surface area contributed by atoms with Crippen molar-refractivity contribution >= 4 is 5.78 Å². The average molecular weight is 525 g/mol. The predicted octanol–water partition coefficient (Wildman–Crippen LogP) is 6.86. The first-order chi connectivity index (χ1) is 18.0. The van der Waals surface area contributed by atoms with Gasteiger partial charge >= 0.3 is 0 Å². The van der Waals surface area contributed by atoms with Gasteiger partial charge in [-0.1, -0.05) is 77.0 Å². The number of hydrogen-bond acceptors (Lipinski definition) is 4. The van der Waals surface area contributed by atoms with E-state index in [1.165, 1.54) is 31.3 Å². The number of aliphatic hydroxyl groups excluding tert-OH is 3. The molecule has 4 fully saturated rings. The van der Waals surface area contributed by atoms with Crippen LogP contribution in [0, 0.1) is 34.5 Å². The first-order valence-electron chi connectivity index (χ1n) is 15.4. The lowest BCUT2D eigenvalue weighted by molar-refractivity contribution is -0.127. The van der Waals surface area contributed by atoms with Gasteiger partial charge in [0.25, 0.3) is 0 Å². The molecule has 0 unspecified atom stereocenters. The van der Waals surface area contributed by atoms with Gasteiger partial charge in [0, 0.05) is 12.3 Å². The molecular formula is C34H52O4. The molecule has 0 aromatic rings. The van der Waals surface area contributed by atoms with Crippen LogP contribution in [0.3, 0.4) is 0 Å². The molecule has 212 valence electrons. The molecule has 4 aliphatic rings. The number of fused-ring (bicyclic) bond motifs is 1. The van der Waals surface area contributed by atoms with E-state index in [1.807, 2.05) is 13.0 Å². The molecule has 0 saturated heterocycles. The van der Waals surface area contributed by atoms with E-state index < -0.39 is 23.7 Å². The largest absolute Gasteiger partial charge is 0.392 e. The summed E-state index contributed by atoms with van der Waals surface area (Å²) in [5, 5.41) is 31.8. The van der Waals surface area contributed by atoms with Crippen molar-refractivity contribution in [3.63, 3.8) is 0 Å². The molecule has 0 aliphatic heterocycles. The number of allylic oxidation sites excluding steroid dienone is 4. The maximum absolute atomic E-state index is 12.8. The molecule has 0 heterocycles. The third-order valence-electron chi connectivity index (χ3n) is 11.0. The molecule has 0 amide bonds. The molecule has 0 aromatic heterocycles. The predicted molar refractivity (Wildman–Crippen MR) is 154 cm³/mol. The van der Waals surface area contributed by atoms with Crippen molar-refractivity contribution in [1.82, 2.24) is 0 Å². The van der Waals surface area contributed by atoms with Crippen LogP contribution in [0.25, 0.3) is 0 Å². The van der Waals surface area contributed by atoms with Gasteiger partial charge in [0.1, 0.15) is 5.78 Å². The fourth-order valence-corrected chi connectivity index (χ4v) is 8.04. The van der Waals surface area contributed by atoms with Gasteiger partial charge in [0.2, 0.25) is 0 Å². The molecule has 4 nitrogen and oxygen atoms in total. The summed E-state index contributed by atoms with van der Waals surface area (Å²) in [5.74, 6) is 1.53. The average Bonchev–Trinajstić information content (AvgIpc) is 3.63. The van der Waals surface area contributed by atoms with Gasteiger partial charge in [-0.3, -0.25) is 4.79 Å². The summed E-state index contributed by atoms with van der Waals surface area (Å²) in [5.41, 5.74) is 2.93. The van der Waals surface area contributed by atoms with Crippen molar-refractivity contribution in [3.05, 3.63) is 47.6 Å². The Bertz CT molecular complexity index is 969. The van der Waals surface area contributed by atoms with Gasteiger partial charge in [0.05, 0.1) is 23.7 Å². The normalized spacial score (nSPS) is 38.5. The Morgan fingerprint density at radius 2 is 1.87 bits per heavy atom. The van der Waals surface area contributed by atoms with Gasteiger partial charge < -0.3 is 15.3 Å². The third kappa shape index (κ3) is 5.69. The Hall–Kier alpha value is -1.49. The van der Waals surface area contributed by atoms with E-state index in [0.29, 0.717) is 30.6 Å². The van der Waals surface area contributed by atoms with E-state index >= 15 is 0 Å². The molecule has 4 rings (SSSR count). The highest BCUT2D eigenvalue weighted by molar-refractivity contribution is 5.88. The molecule has 4 saturated carbocycles. The topological polar surface area (TPSA) is 77.8 Å². The van der Waals surface area contributed by atoms with Crippen LogP contribution < -0.4 is 0 Å². The molecule has 8 atom stereocenters. The lowest BCUT2D eigenvalue weighted by atomic mass is 9.61. The number of Topliss-reactive ketones (excluding diaryl/α,β-unsaturated/α-hetero) is 1. The first-order valence-corrected chi connectivity index (χ1v) is 15.4. The number of carbonyl (C=O) groups is 1. The minimum absolute atomic E-state index is 0.178. The van der Waals surface area contributed by atoms with Crippen LogP contribution in [-0.2, 0) is 4.79 Å². The summed E-state index contributed by atoms with van der Waals surface area (Å²) < 4.78 is 0. The SMILES string of the molecule is C=C1C(=CC=C2CCC[C@]3(C)[C@@H]([C@H](C)C=C[C@@H](O)C4(C(=O)CCCCC)CC4)CC[C@@H]23)C[C@@H](O)[C@H](C)[C@@H]1O. The Kier molecular flexibility index (Phi) is 9.27. The van der Waals surface area contributed by atoms with E-state index in [2.05, 4.69) is 45.6 Å². The van der Waals surface area contributed by atoms with Crippen LogP contribution in [0.5, 0.6) is 0 Å². The molecular weight excluding hydrogens is 472 g/mol. The van der Waals surface area contributed by atoms with E-state index in [4.69, 9.17) is 0 Å². The van der Waals surface area contributed by atoms with Crippen molar-refractivity contribution in [2.24, 2.45) is 34.5 Å². The summed E-state index contributed by atoms with van der Waals surface area (Å²) >= 11 is 0. The number of unbranched alkanes of at least 4 members (excludes halogenated alkanes) is 2. The summed E-state index contributed by atoms with van der Waals surface area (Å²) in [6.07, 6.45) is 18.5. The summed E-state index contributed by atoms with van der Waals surface area (Å²) in [6.45, 7) is 12.9. The standard InChI is InChI=1S/C34H52O4/c1-6-7-8-11-30(36)34(19-20-34)31(37)17-12-22(2)27-15-16-28-25(10-9-18-33(27,28)5)13-14-26-21-29(35)24(4)32(38)23(26)3/h12-14,17,22,24,27-29,31-32,35,37-38H,3,6-11,15-16,18-21H2,1-2,4-5H3/t22-,24+,27-,28+,29-,31-,32-,33-/m1/s1. The number of aliphatic hydroxyl groups is 3. The molecule has 3 N–H and O–H groups in total. The highest BCUT2D eigenvalue weighted by atomic mass is 16.3. The van der Waals surface area contributed by atoms with Crippen molar-refractivity contribution in [3.8, 4) is 0 Å². The van der Waals surface area contributed by atoms with Crippen LogP contribution in [0.1, 0.15) is 105 Å².